The van der Waals surface area contributed by atoms with E-state index in [-0.39, 0.29) is 17.7 Å². The van der Waals surface area contributed by atoms with Crippen LogP contribution < -0.4 is 5.32 Å². The minimum absolute atomic E-state index is 0.0331. The number of aromatic hydroxyl groups is 1. The molecule has 0 heterocycles. The Morgan fingerprint density at radius 3 is 2.71 bits per heavy atom. The summed E-state index contributed by atoms with van der Waals surface area (Å²) in [7, 11) is 0. The first-order valence-electron chi connectivity index (χ1n) is 6.24. The molecule has 94 valence electrons. The quantitative estimate of drug-likeness (QED) is 0.744. The molecular weight excluding hydrogens is 214 g/mol. The number of benzene rings is 1. The lowest BCUT2D eigenvalue weighted by Gasteiger charge is -2.14. The van der Waals surface area contributed by atoms with Crippen molar-refractivity contribution in [1.82, 2.24) is 5.32 Å². The predicted molar refractivity (Wildman–Crippen MR) is 69.2 cm³/mol. The van der Waals surface area contributed by atoms with Gasteiger partial charge in [0.25, 0.3) is 5.91 Å². The number of carbonyl (C=O) groups is 1. The molecule has 0 aliphatic carbocycles. The molecule has 0 saturated carbocycles. The molecule has 0 radical (unpaired) electrons. The normalized spacial score (nSPS) is 12.1. The SMILES string of the molecule is CCCCC[C@H](C)NC(=O)c1ccccc1O. The summed E-state index contributed by atoms with van der Waals surface area (Å²) in [5.74, 6) is -0.169. The third-order valence-electron chi connectivity index (χ3n) is 2.77. The summed E-state index contributed by atoms with van der Waals surface area (Å²) >= 11 is 0. The van der Waals surface area contributed by atoms with E-state index in [1.165, 1.54) is 18.9 Å². The second-order valence-corrected chi connectivity index (χ2v) is 4.39. The fraction of sp³-hybridized carbons (Fsp3) is 0.500. The Bertz CT molecular complexity index is 363. The molecule has 0 aromatic heterocycles. The number of carbonyl (C=O) groups excluding carboxylic acids is 1. The predicted octanol–water partition coefficient (Wildman–Crippen LogP) is 3.09. The van der Waals surface area contributed by atoms with Gasteiger partial charge in [-0.15, -0.1) is 0 Å². The molecule has 0 bridgehead atoms. The summed E-state index contributed by atoms with van der Waals surface area (Å²) in [5, 5.41) is 12.4. The van der Waals surface area contributed by atoms with Crippen LogP contribution in [0.2, 0.25) is 0 Å². The summed E-state index contributed by atoms with van der Waals surface area (Å²) in [6, 6.07) is 6.75. The number of amides is 1. The van der Waals surface area contributed by atoms with Gasteiger partial charge in [-0.2, -0.15) is 0 Å². The summed E-state index contributed by atoms with van der Waals surface area (Å²) < 4.78 is 0. The Morgan fingerprint density at radius 1 is 1.35 bits per heavy atom. The number of phenolic OH excluding ortho intramolecular Hbond substituents is 1. The number of nitrogens with one attached hydrogen (secondary N) is 1. The minimum atomic E-state index is -0.202. The van der Waals surface area contributed by atoms with Crippen molar-refractivity contribution < 1.29 is 9.90 Å². The van der Waals surface area contributed by atoms with Gasteiger partial charge in [0.05, 0.1) is 5.56 Å². The monoisotopic (exact) mass is 235 g/mol. The highest BCUT2D eigenvalue weighted by Crippen LogP contribution is 2.15. The van der Waals surface area contributed by atoms with Crippen LogP contribution in [0.5, 0.6) is 5.75 Å². The summed E-state index contributed by atoms with van der Waals surface area (Å²) in [6.45, 7) is 4.15. The third kappa shape index (κ3) is 4.47. The van der Waals surface area contributed by atoms with E-state index >= 15 is 0 Å². The molecule has 0 spiro atoms. The Kier molecular flexibility index (Phi) is 5.53. The number of hydrogen-bond donors (Lipinski definition) is 2. The van der Waals surface area contributed by atoms with Crippen molar-refractivity contribution in [2.24, 2.45) is 0 Å². The highest BCUT2D eigenvalue weighted by atomic mass is 16.3. The molecule has 0 aliphatic rings. The number of rotatable bonds is 6. The van der Waals surface area contributed by atoms with Crippen molar-refractivity contribution in [1.29, 1.82) is 0 Å². The standard InChI is InChI=1S/C14H21NO2/c1-3-4-5-8-11(2)15-14(17)12-9-6-7-10-13(12)16/h6-7,9-11,16H,3-5,8H2,1-2H3,(H,15,17)/t11-/m0/s1. The first-order valence-corrected chi connectivity index (χ1v) is 6.24. The first-order chi connectivity index (χ1) is 8.15. The number of para-hydroxylation sites is 1. The lowest BCUT2D eigenvalue weighted by Crippen LogP contribution is -2.32. The van der Waals surface area contributed by atoms with E-state index in [4.69, 9.17) is 0 Å². The van der Waals surface area contributed by atoms with Crippen LogP contribution in [0.15, 0.2) is 24.3 Å². The van der Waals surface area contributed by atoms with Crippen molar-refractivity contribution in [2.45, 2.75) is 45.6 Å². The van der Waals surface area contributed by atoms with Gasteiger partial charge in [0.1, 0.15) is 5.75 Å². The van der Waals surface area contributed by atoms with Crippen LogP contribution in [0.4, 0.5) is 0 Å². The van der Waals surface area contributed by atoms with Crippen molar-refractivity contribution in [3.05, 3.63) is 29.8 Å². The lowest BCUT2D eigenvalue weighted by atomic mass is 10.1. The molecule has 0 unspecified atom stereocenters. The molecule has 3 heteroatoms. The van der Waals surface area contributed by atoms with E-state index in [1.807, 2.05) is 6.92 Å². The molecule has 3 nitrogen and oxygen atoms in total. The van der Waals surface area contributed by atoms with Gasteiger partial charge in [-0.05, 0) is 25.5 Å². The van der Waals surface area contributed by atoms with Gasteiger partial charge in [0.15, 0.2) is 0 Å². The second-order valence-electron chi connectivity index (χ2n) is 4.39. The molecule has 0 aliphatic heterocycles. The van der Waals surface area contributed by atoms with Crippen LogP contribution in [-0.2, 0) is 0 Å². The van der Waals surface area contributed by atoms with Gasteiger partial charge < -0.3 is 10.4 Å². The number of hydrogen-bond acceptors (Lipinski definition) is 2. The minimum Gasteiger partial charge on any atom is -0.507 e. The smallest absolute Gasteiger partial charge is 0.255 e. The van der Waals surface area contributed by atoms with E-state index < -0.39 is 0 Å². The van der Waals surface area contributed by atoms with E-state index in [0.717, 1.165) is 12.8 Å². The fourth-order valence-electron chi connectivity index (χ4n) is 1.74. The molecule has 1 aromatic rings. The topological polar surface area (TPSA) is 49.3 Å². The van der Waals surface area contributed by atoms with E-state index in [1.54, 1.807) is 18.2 Å². The average molecular weight is 235 g/mol. The maximum Gasteiger partial charge on any atom is 0.255 e. The average Bonchev–Trinajstić information content (AvgIpc) is 2.29. The Morgan fingerprint density at radius 2 is 2.06 bits per heavy atom. The number of phenols is 1. The molecule has 0 saturated heterocycles. The third-order valence-corrected chi connectivity index (χ3v) is 2.77. The highest BCUT2D eigenvalue weighted by Gasteiger charge is 2.12. The Balaban J connectivity index is 2.46. The molecule has 17 heavy (non-hydrogen) atoms. The summed E-state index contributed by atoms with van der Waals surface area (Å²) in [6.07, 6.45) is 4.48. The van der Waals surface area contributed by atoms with E-state index in [0.29, 0.717) is 5.56 Å². The maximum absolute atomic E-state index is 11.8. The van der Waals surface area contributed by atoms with Crippen molar-refractivity contribution >= 4 is 5.91 Å². The van der Waals surface area contributed by atoms with Gasteiger partial charge in [-0.3, -0.25) is 4.79 Å². The van der Waals surface area contributed by atoms with Crippen molar-refractivity contribution in [3.63, 3.8) is 0 Å². The van der Waals surface area contributed by atoms with Gasteiger partial charge in [0, 0.05) is 6.04 Å². The maximum atomic E-state index is 11.8. The summed E-state index contributed by atoms with van der Waals surface area (Å²) in [5.41, 5.74) is 0.342. The van der Waals surface area contributed by atoms with E-state index in [2.05, 4.69) is 12.2 Å². The molecule has 1 atom stereocenters. The van der Waals surface area contributed by atoms with Crippen LogP contribution >= 0.6 is 0 Å². The molecule has 1 amide bonds. The molecule has 1 rings (SSSR count). The van der Waals surface area contributed by atoms with Crippen molar-refractivity contribution in [3.8, 4) is 5.75 Å². The van der Waals surface area contributed by atoms with Gasteiger partial charge in [0.2, 0.25) is 0 Å². The van der Waals surface area contributed by atoms with Crippen LogP contribution in [0.3, 0.4) is 0 Å². The molecule has 1 aromatic carbocycles. The zero-order chi connectivity index (χ0) is 12.7. The lowest BCUT2D eigenvalue weighted by molar-refractivity contribution is 0.0935. The van der Waals surface area contributed by atoms with Crippen molar-refractivity contribution in [2.75, 3.05) is 0 Å². The highest BCUT2D eigenvalue weighted by molar-refractivity contribution is 5.96. The second kappa shape index (κ2) is 6.94. The summed E-state index contributed by atoms with van der Waals surface area (Å²) in [4.78, 5) is 11.8. The zero-order valence-corrected chi connectivity index (χ0v) is 10.6. The Hall–Kier alpha value is -1.51. The molecular formula is C14H21NO2. The van der Waals surface area contributed by atoms with Crippen LogP contribution in [0.25, 0.3) is 0 Å². The van der Waals surface area contributed by atoms with Crippen LogP contribution in [0.1, 0.15) is 49.9 Å². The van der Waals surface area contributed by atoms with Crippen LogP contribution in [-0.4, -0.2) is 17.1 Å². The van der Waals surface area contributed by atoms with Gasteiger partial charge in [-0.1, -0.05) is 38.3 Å². The largest absolute Gasteiger partial charge is 0.507 e. The zero-order valence-electron chi connectivity index (χ0n) is 10.6. The molecule has 0 fully saturated rings. The van der Waals surface area contributed by atoms with Gasteiger partial charge >= 0.3 is 0 Å². The first kappa shape index (κ1) is 13.6. The molecule has 2 N–H and O–H groups in total. The number of unbranched alkanes of at least 4 members (excludes halogenated alkanes) is 2. The van der Waals surface area contributed by atoms with E-state index in [9.17, 15) is 9.90 Å². The Labute approximate surface area is 103 Å². The van der Waals surface area contributed by atoms with Crippen LogP contribution in [0, 0.1) is 0 Å². The van der Waals surface area contributed by atoms with Gasteiger partial charge in [-0.25, -0.2) is 0 Å². The fourth-order valence-corrected chi connectivity index (χ4v) is 1.74.